The first kappa shape index (κ1) is 14.2. The Balaban J connectivity index is 1.99. The number of hydrogen-bond acceptors (Lipinski definition) is 5. The summed E-state index contributed by atoms with van der Waals surface area (Å²) < 4.78 is 28.9. The van der Waals surface area contributed by atoms with Crippen molar-refractivity contribution in [2.45, 2.75) is 20.1 Å². The molecule has 0 spiro atoms. The van der Waals surface area contributed by atoms with Gasteiger partial charge in [0.1, 0.15) is 30.5 Å². The Morgan fingerprint density at radius 3 is 2.80 bits per heavy atom. The number of carbonyl (C=O) groups is 1. The smallest absolute Gasteiger partial charge is 0.162 e. The van der Waals surface area contributed by atoms with Gasteiger partial charge in [0.05, 0.1) is 5.56 Å². The molecule has 0 aliphatic heterocycles. The average molecular weight is 279 g/mol. The van der Waals surface area contributed by atoms with Gasteiger partial charge in [0.2, 0.25) is 0 Å². The van der Waals surface area contributed by atoms with Crippen molar-refractivity contribution in [3.05, 3.63) is 47.1 Å². The molecule has 0 saturated carbocycles. The Morgan fingerprint density at radius 1 is 1.35 bits per heavy atom. The summed E-state index contributed by atoms with van der Waals surface area (Å²) in [6.07, 6.45) is 0. The van der Waals surface area contributed by atoms with Gasteiger partial charge in [-0.1, -0.05) is 5.16 Å². The summed E-state index contributed by atoms with van der Waals surface area (Å²) in [6, 6.07) is 5.80. The number of aromatic nitrogens is 1. The molecule has 1 aromatic heterocycles. The lowest BCUT2D eigenvalue weighted by Crippen LogP contribution is -2.00. The number of ketones is 1. The minimum Gasteiger partial charge on any atom is -0.487 e. The fraction of sp³-hybridized carbons (Fsp3) is 0.286. The number of Topliss-reactive ketones (excluding diaryl/α,β-unsaturated/α-hetero) is 1. The van der Waals surface area contributed by atoms with Crippen LogP contribution in [0.2, 0.25) is 0 Å². The summed E-state index contributed by atoms with van der Waals surface area (Å²) in [4.78, 5) is 11.1. The highest BCUT2D eigenvalue weighted by Gasteiger charge is 2.09. The summed E-state index contributed by atoms with van der Waals surface area (Å²) in [5, 5.41) is 3.79. The van der Waals surface area contributed by atoms with E-state index >= 15 is 0 Å². The zero-order valence-electron chi connectivity index (χ0n) is 11.2. The lowest BCUT2D eigenvalue weighted by atomic mass is 10.1. The first-order valence-corrected chi connectivity index (χ1v) is 5.97. The molecule has 20 heavy (non-hydrogen) atoms. The Morgan fingerprint density at radius 2 is 2.15 bits per heavy atom. The van der Waals surface area contributed by atoms with Crippen LogP contribution in [0.3, 0.4) is 0 Å². The summed E-state index contributed by atoms with van der Waals surface area (Å²) in [7, 11) is 1.55. The van der Waals surface area contributed by atoms with Crippen molar-refractivity contribution < 1.29 is 23.2 Å². The van der Waals surface area contributed by atoms with Gasteiger partial charge in [0, 0.05) is 19.2 Å². The summed E-state index contributed by atoms with van der Waals surface area (Å²) in [5.41, 5.74) is 0.620. The SMILES string of the molecule is COCc1cc(COc2ccc(C(C)=O)c(F)c2)no1. The molecule has 0 atom stereocenters. The number of hydrogen-bond donors (Lipinski definition) is 0. The molecule has 0 unspecified atom stereocenters. The van der Waals surface area contributed by atoms with Gasteiger partial charge in [0.15, 0.2) is 11.5 Å². The third-order valence-electron chi connectivity index (χ3n) is 2.60. The van der Waals surface area contributed by atoms with Crippen molar-refractivity contribution >= 4 is 5.78 Å². The lowest BCUT2D eigenvalue weighted by Gasteiger charge is -2.05. The maximum Gasteiger partial charge on any atom is 0.162 e. The van der Waals surface area contributed by atoms with Crippen LogP contribution in [0.4, 0.5) is 4.39 Å². The number of nitrogens with zero attached hydrogens (tertiary/aromatic N) is 1. The van der Waals surface area contributed by atoms with E-state index in [-0.39, 0.29) is 18.0 Å². The van der Waals surface area contributed by atoms with Gasteiger partial charge in [-0.2, -0.15) is 0 Å². The van der Waals surface area contributed by atoms with Crippen LogP contribution in [0.5, 0.6) is 5.75 Å². The number of halogens is 1. The van der Waals surface area contributed by atoms with Gasteiger partial charge in [-0.15, -0.1) is 0 Å². The third kappa shape index (κ3) is 3.42. The molecule has 0 saturated heterocycles. The van der Waals surface area contributed by atoms with E-state index in [0.717, 1.165) is 0 Å². The van der Waals surface area contributed by atoms with Crippen molar-refractivity contribution in [2.24, 2.45) is 0 Å². The van der Waals surface area contributed by atoms with Crippen molar-refractivity contribution in [3.8, 4) is 5.75 Å². The molecule has 6 heteroatoms. The van der Waals surface area contributed by atoms with Crippen LogP contribution in [-0.2, 0) is 18.0 Å². The van der Waals surface area contributed by atoms with Crippen molar-refractivity contribution in [1.82, 2.24) is 5.16 Å². The monoisotopic (exact) mass is 279 g/mol. The first-order valence-electron chi connectivity index (χ1n) is 5.97. The van der Waals surface area contributed by atoms with Gasteiger partial charge >= 0.3 is 0 Å². The molecular weight excluding hydrogens is 265 g/mol. The van der Waals surface area contributed by atoms with E-state index in [9.17, 15) is 9.18 Å². The molecule has 0 aliphatic carbocycles. The predicted molar refractivity (Wildman–Crippen MR) is 68.0 cm³/mol. The molecule has 0 fully saturated rings. The fourth-order valence-corrected chi connectivity index (χ4v) is 1.66. The van der Waals surface area contributed by atoms with Gasteiger partial charge in [-0.25, -0.2) is 4.39 Å². The molecule has 106 valence electrons. The molecule has 0 amide bonds. The number of rotatable bonds is 6. The number of benzene rings is 1. The predicted octanol–water partition coefficient (Wildman–Crippen LogP) is 2.74. The maximum atomic E-state index is 13.6. The number of methoxy groups -OCH3 is 1. The van der Waals surface area contributed by atoms with Crippen LogP contribution >= 0.6 is 0 Å². The van der Waals surface area contributed by atoms with Crippen LogP contribution in [0.15, 0.2) is 28.8 Å². The zero-order valence-corrected chi connectivity index (χ0v) is 11.2. The molecule has 5 nitrogen and oxygen atoms in total. The molecule has 0 N–H and O–H groups in total. The van der Waals surface area contributed by atoms with Gasteiger partial charge in [-0.3, -0.25) is 4.79 Å². The van der Waals surface area contributed by atoms with Crippen LogP contribution in [-0.4, -0.2) is 18.0 Å². The summed E-state index contributed by atoms with van der Waals surface area (Å²) in [5.74, 6) is -0.0158. The lowest BCUT2D eigenvalue weighted by molar-refractivity contribution is 0.101. The summed E-state index contributed by atoms with van der Waals surface area (Å²) >= 11 is 0. The van der Waals surface area contributed by atoms with E-state index in [1.54, 1.807) is 13.2 Å². The minimum atomic E-state index is -0.602. The van der Waals surface area contributed by atoms with Gasteiger partial charge in [0.25, 0.3) is 0 Å². The van der Waals surface area contributed by atoms with Crippen LogP contribution in [0.1, 0.15) is 28.7 Å². The fourth-order valence-electron chi connectivity index (χ4n) is 1.66. The van der Waals surface area contributed by atoms with Crippen LogP contribution < -0.4 is 4.74 Å². The second-order valence-corrected chi connectivity index (χ2v) is 4.20. The van der Waals surface area contributed by atoms with Crippen molar-refractivity contribution in [2.75, 3.05) is 7.11 Å². The second kappa shape index (κ2) is 6.29. The maximum absolute atomic E-state index is 13.6. The van der Waals surface area contributed by atoms with Gasteiger partial charge in [-0.05, 0) is 19.1 Å². The van der Waals surface area contributed by atoms with Crippen LogP contribution in [0, 0.1) is 5.82 Å². The molecule has 0 radical (unpaired) electrons. The quantitative estimate of drug-likeness (QED) is 0.761. The molecular formula is C14H14FNO4. The Kier molecular flexibility index (Phi) is 4.47. The van der Waals surface area contributed by atoms with E-state index < -0.39 is 5.82 Å². The topological polar surface area (TPSA) is 61.6 Å². The van der Waals surface area contributed by atoms with Gasteiger partial charge < -0.3 is 14.0 Å². The molecule has 0 bridgehead atoms. The highest BCUT2D eigenvalue weighted by Crippen LogP contribution is 2.18. The minimum absolute atomic E-state index is 0.0427. The van der Waals surface area contributed by atoms with Crippen LogP contribution in [0.25, 0.3) is 0 Å². The van der Waals surface area contributed by atoms with E-state index in [0.29, 0.717) is 23.8 Å². The largest absolute Gasteiger partial charge is 0.487 e. The zero-order chi connectivity index (χ0) is 14.5. The van der Waals surface area contributed by atoms with Crippen molar-refractivity contribution in [1.29, 1.82) is 0 Å². The number of carbonyl (C=O) groups excluding carboxylic acids is 1. The highest BCUT2D eigenvalue weighted by atomic mass is 19.1. The molecule has 1 aromatic carbocycles. The third-order valence-corrected chi connectivity index (χ3v) is 2.60. The number of ether oxygens (including phenoxy) is 2. The average Bonchev–Trinajstić information content (AvgIpc) is 2.84. The van der Waals surface area contributed by atoms with E-state index in [1.807, 2.05) is 0 Å². The van der Waals surface area contributed by atoms with E-state index in [1.165, 1.54) is 25.1 Å². The Bertz CT molecular complexity index is 609. The second-order valence-electron chi connectivity index (χ2n) is 4.20. The molecule has 2 rings (SSSR count). The Labute approximate surface area is 115 Å². The van der Waals surface area contributed by atoms with Crippen molar-refractivity contribution in [3.63, 3.8) is 0 Å². The van der Waals surface area contributed by atoms with E-state index in [2.05, 4.69) is 5.16 Å². The summed E-state index contributed by atoms with van der Waals surface area (Å²) in [6.45, 7) is 1.78. The molecule has 0 aliphatic rings. The molecule has 1 heterocycles. The first-order chi connectivity index (χ1) is 9.60. The molecule has 2 aromatic rings. The standard InChI is InChI=1S/C14H14FNO4/c1-9(17)13-4-3-11(6-14(13)15)19-7-10-5-12(8-18-2)20-16-10/h3-6H,7-8H2,1-2H3. The Hall–Kier alpha value is -2.21. The van der Waals surface area contributed by atoms with E-state index in [4.69, 9.17) is 14.0 Å². The highest BCUT2D eigenvalue weighted by molar-refractivity contribution is 5.94. The normalized spacial score (nSPS) is 10.6.